The van der Waals surface area contributed by atoms with Gasteiger partial charge in [0.15, 0.2) is 5.76 Å². The van der Waals surface area contributed by atoms with Gasteiger partial charge in [0.2, 0.25) is 0 Å². The summed E-state index contributed by atoms with van der Waals surface area (Å²) in [5.41, 5.74) is 1.21. The van der Waals surface area contributed by atoms with Crippen molar-refractivity contribution in [1.29, 1.82) is 0 Å². The fourth-order valence-corrected chi connectivity index (χ4v) is 2.63. The number of aryl methyl sites for hydroxylation is 1. The number of benzene rings is 2. The molecule has 1 amide bonds. The topological polar surface area (TPSA) is 104 Å². The second-order valence-corrected chi connectivity index (χ2v) is 5.51. The number of anilines is 1. The van der Waals surface area contributed by atoms with Crippen LogP contribution < -0.4 is 14.8 Å². The summed E-state index contributed by atoms with van der Waals surface area (Å²) in [5.74, 6) is 0.534. The van der Waals surface area contributed by atoms with Crippen molar-refractivity contribution >= 4 is 28.3 Å². The van der Waals surface area contributed by atoms with Gasteiger partial charge in [-0.05, 0) is 31.2 Å². The minimum atomic E-state index is -0.548. The molecular formula is C18H16N2O6. The third-order valence-corrected chi connectivity index (χ3v) is 3.99. The van der Waals surface area contributed by atoms with Crippen molar-refractivity contribution in [2.24, 2.45) is 0 Å². The number of hydrogen-bond donors (Lipinski definition) is 1. The van der Waals surface area contributed by atoms with Gasteiger partial charge in [-0.2, -0.15) is 0 Å². The first-order chi connectivity index (χ1) is 12.4. The minimum absolute atomic E-state index is 0.113. The van der Waals surface area contributed by atoms with Crippen molar-refractivity contribution in [3.8, 4) is 11.5 Å². The van der Waals surface area contributed by atoms with Gasteiger partial charge in [0.25, 0.3) is 11.6 Å². The molecule has 0 saturated heterocycles. The maximum atomic E-state index is 12.6. The molecule has 3 aromatic rings. The van der Waals surface area contributed by atoms with Gasteiger partial charge >= 0.3 is 0 Å². The quantitative estimate of drug-likeness (QED) is 0.549. The van der Waals surface area contributed by atoms with Crippen LogP contribution >= 0.6 is 0 Å². The lowest BCUT2D eigenvalue weighted by molar-refractivity contribution is -0.384. The Morgan fingerprint density at radius 1 is 1.15 bits per heavy atom. The number of carbonyl (C=O) groups is 1. The maximum Gasteiger partial charge on any atom is 0.291 e. The lowest BCUT2D eigenvalue weighted by atomic mass is 10.1. The molecule has 0 radical (unpaired) electrons. The van der Waals surface area contributed by atoms with E-state index in [0.29, 0.717) is 22.6 Å². The number of hydrogen-bond acceptors (Lipinski definition) is 6. The monoisotopic (exact) mass is 356 g/mol. The number of nitro benzene ring substituents is 1. The molecule has 8 nitrogen and oxygen atoms in total. The SMILES string of the molecule is COc1ccc2oc(C(=O)Nc3cc([N+](=O)[O-])ccc3OC)c(C)c2c1. The zero-order valence-electron chi connectivity index (χ0n) is 14.4. The summed E-state index contributed by atoms with van der Waals surface area (Å²) >= 11 is 0. The maximum absolute atomic E-state index is 12.6. The van der Waals surface area contributed by atoms with Crippen LogP contribution in [0.5, 0.6) is 11.5 Å². The van der Waals surface area contributed by atoms with E-state index in [1.165, 1.54) is 25.3 Å². The molecule has 26 heavy (non-hydrogen) atoms. The fourth-order valence-electron chi connectivity index (χ4n) is 2.63. The first-order valence-electron chi connectivity index (χ1n) is 7.65. The summed E-state index contributed by atoms with van der Waals surface area (Å²) in [4.78, 5) is 23.1. The Morgan fingerprint density at radius 2 is 1.92 bits per heavy atom. The summed E-state index contributed by atoms with van der Waals surface area (Å²) in [6.45, 7) is 1.75. The van der Waals surface area contributed by atoms with E-state index in [0.717, 1.165) is 5.39 Å². The molecular weight excluding hydrogens is 340 g/mol. The van der Waals surface area contributed by atoms with Gasteiger partial charge in [-0.1, -0.05) is 0 Å². The molecule has 134 valence electrons. The second kappa shape index (κ2) is 6.75. The first kappa shape index (κ1) is 17.3. The molecule has 0 aliphatic carbocycles. The van der Waals surface area contributed by atoms with Crippen LogP contribution in [0.3, 0.4) is 0 Å². The van der Waals surface area contributed by atoms with E-state index in [2.05, 4.69) is 5.32 Å². The van der Waals surface area contributed by atoms with Crippen LogP contribution in [0.15, 0.2) is 40.8 Å². The van der Waals surface area contributed by atoms with Crippen molar-refractivity contribution in [2.45, 2.75) is 6.92 Å². The number of rotatable bonds is 5. The van der Waals surface area contributed by atoms with Crippen molar-refractivity contribution in [3.05, 3.63) is 57.8 Å². The standard InChI is InChI=1S/C18H16N2O6/c1-10-13-9-12(24-2)5-7-15(13)26-17(10)18(21)19-14-8-11(20(22)23)4-6-16(14)25-3/h4-9H,1-3H3,(H,19,21). The lowest BCUT2D eigenvalue weighted by Crippen LogP contribution is -2.13. The Balaban J connectivity index is 1.98. The largest absolute Gasteiger partial charge is 0.497 e. The third-order valence-electron chi connectivity index (χ3n) is 3.99. The molecule has 0 atom stereocenters. The summed E-state index contributed by atoms with van der Waals surface area (Å²) in [6, 6.07) is 9.18. The molecule has 1 aromatic heterocycles. The number of ether oxygens (including phenoxy) is 2. The number of furan rings is 1. The Hall–Kier alpha value is -3.55. The van der Waals surface area contributed by atoms with Crippen molar-refractivity contribution < 1.29 is 23.6 Å². The molecule has 0 unspecified atom stereocenters. The molecule has 0 fully saturated rings. The average molecular weight is 356 g/mol. The zero-order valence-corrected chi connectivity index (χ0v) is 14.4. The predicted molar refractivity (Wildman–Crippen MR) is 95.1 cm³/mol. The van der Waals surface area contributed by atoms with E-state index in [4.69, 9.17) is 13.9 Å². The highest BCUT2D eigenvalue weighted by molar-refractivity contribution is 6.07. The molecule has 0 aliphatic heterocycles. The van der Waals surface area contributed by atoms with E-state index in [9.17, 15) is 14.9 Å². The highest BCUT2D eigenvalue weighted by atomic mass is 16.6. The highest BCUT2D eigenvalue weighted by Crippen LogP contribution is 2.32. The van der Waals surface area contributed by atoms with Gasteiger partial charge in [0, 0.05) is 23.1 Å². The van der Waals surface area contributed by atoms with E-state index < -0.39 is 10.8 Å². The highest BCUT2D eigenvalue weighted by Gasteiger charge is 2.20. The van der Waals surface area contributed by atoms with Crippen molar-refractivity contribution in [1.82, 2.24) is 0 Å². The Morgan fingerprint density at radius 3 is 2.58 bits per heavy atom. The number of nitro groups is 1. The molecule has 0 bridgehead atoms. The number of non-ortho nitro benzene ring substituents is 1. The molecule has 8 heteroatoms. The molecule has 1 heterocycles. The minimum Gasteiger partial charge on any atom is -0.497 e. The van der Waals surface area contributed by atoms with Crippen LogP contribution in [-0.2, 0) is 0 Å². The number of methoxy groups -OCH3 is 2. The molecule has 0 spiro atoms. The fraction of sp³-hybridized carbons (Fsp3) is 0.167. The second-order valence-electron chi connectivity index (χ2n) is 5.51. The Kier molecular flexibility index (Phi) is 4.49. The molecule has 3 rings (SSSR count). The van der Waals surface area contributed by atoms with E-state index in [1.54, 1.807) is 32.2 Å². The number of carbonyl (C=O) groups excluding carboxylic acids is 1. The predicted octanol–water partition coefficient (Wildman–Crippen LogP) is 3.92. The van der Waals surface area contributed by atoms with Gasteiger partial charge in [-0.15, -0.1) is 0 Å². The van der Waals surface area contributed by atoms with Crippen LogP contribution in [0.25, 0.3) is 11.0 Å². The Labute approximate surface area is 148 Å². The Bertz CT molecular complexity index is 1010. The first-order valence-corrected chi connectivity index (χ1v) is 7.65. The molecule has 1 N–H and O–H groups in total. The van der Waals surface area contributed by atoms with Gasteiger partial charge < -0.3 is 19.2 Å². The summed E-state index contributed by atoms with van der Waals surface area (Å²) < 4.78 is 16.0. The summed E-state index contributed by atoms with van der Waals surface area (Å²) in [5, 5.41) is 14.3. The van der Waals surface area contributed by atoms with Crippen LogP contribution in [0.1, 0.15) is 16.1 Å². The van der Waals surface area contributed by atoms with Gasteiger partial charge in [0.1, 0.15) is 17.1 Å². The van der Waals surface area contributed by atoms with E-state index >= 15 is 0 Å². The normalized spacial score (nSPS) is 10.6. The van der Waals surface area contributed by atoms with Crippen LogP contribution in [0, 0.1) is 17.0 Å². The van der Waals surface area contributed by atoms with Gasteiger partial charge in [0.05, 0.1) is 24.8 Å². The smallest absolute Gasteiger partial charge is 0.291 e. The average Bonchev–Trinajstić information content (AvgIpc) is 2.97. The number of nitrogens with one attached hydrogen (secondary N) is 1. The van der Waals surface area contributed by atoms with E-state index in [-0.39, 0.29) is 17.1 Å². The summed E-state index contributed by atoms with van der Waals surface area (Å²) in [6.07, 6.45) is 0. The zero-order chi connectivity index (χ0) is 18.8. The van der Waals surface area contributed by atoms with Crippen LogP contribution in [0.4, 0.5) is 11.4 Å². The molecule has 0 aliphatic rings. The number of amides is 1. The molecule has 0 saturated carbocycles. The van der Waals surface area contributed by atoms with Gasteiger partial charge in [-0.3, -0.25) is 14.9 Å². The lowest BCUT2D eigenvalue weighted by Gasteiger charge is -2.09. The number of fused-ring (bicyclic) bond motifs is 1. The van der Waals surface area contributed by atoms with Gasteiger partial charge in [-0.25, -0.2) is 0 Å². The summed E-state index contributed by atoms with van der Waals surface area (Å²) in [7, 11) is 2.97. The van der Waals surface area contributed by atoms with Crippen LogP contribution in [-0.4, -0.2) is 25.1 Å². The number of nitrogens with zero attached hydrogens (tertiary/aromatic N) is 1. The van der Waals surface area contributed by atoms with Crippen molar-refractivity contribution in [2.75, 3.05) is 19.5 Å². The van der Waals surface area contributed by atoms with Crippen molar-refractivity contribution in [3.63, 3.8) is 0 Å². The third kappa shape index (κ3) is 3.04. The van der Waals surface area contributed by atoms with Crippen LogP contribution in [0.2, 0.25) is 0 Å². The van der Waals surface area contributed by atoms with E-state index in [1.807, 2.05) is 0 Å². The molecule has 2 aromatic carbocycles.